The van der Waals surface area contributed by atoms with Crippen LogP contribution in [-0.4, -0.2) is 32.6 Å². The van der Waals surface area contributed by atoms with E-state index < -0.39 is 23.0 Å². The summed E-state index contributed by atoms with van der Waals surface area (Å²) < 4.78 is 1.36. The van der Waals surface area contributed by atoms with Crippen LogP contribution in [0, 0.1) is 5.92 Å². The number of benzene rings is 3. The predicted octanol–water partition coefficient (Wildman–Crippen LogP) is 4.70. The molecule has 3 amide bonds. The molecule has 1 saturated heterocycles. The summed E-state index contributed by atoms with van der Waals surface area (Å²) in [7, 11) is 0. The number of phenols is 1. The summed E-state index contributed by atoms with van der Waals surface area (Å²) in [6.07, 6.45) is 0. The molecule has 0 radical (unpaired) electrons. The van der Waals surface area contributed by atoms with Crippen molar-refractivity contribution >= 4 is 63.8 Å². The third-order valence-corrected chi connectivity index (χ3v) is 9.60. The van der Waals surface area contributed by atoms with Crippen LogP contribution in [-0.2, 0) is 20.9 Å². The van der Waals surface area contributed by atoms with Crippen LogP contribution in [0.5, 0.6) is 5.75 Å². The highest BCUT2D eigenvalue weighted by Crippen LogP contribution is 2.53. The Morgan fingerprint density at radius 1 is 0.923 bits per heavy atom. The Kier molecular flexibility index (Phi) is 6.54. The minimum absolute atomic E-state index is 0.0654. The van der Waals surface area contributed by atoms with E-state index in [1.165, 1.54) is 21.6 Å². The summed E-state index contributed by atoms with van der Waals surface area (Å²) in [5.41, 5.74) is 1.72. The Hall–Kier alpha value is -3.86. The van der Waals surface area contributed by atoms with Gasteiger partial charge in [0.2, 0.25) is 17.7 Å². The summed E-state index contributed by atoms with van der Waals surface area (Å²) in [5.74, 6) is -2.35. The number of aromatic nitrogens is 1. The van der Waals surface area contributed by atoms with Crippen LogP contribution in [0.3, 0.4) is 0 Å². The van der Waals surface area contributed by atoms with E-state index in [1.807, 2.05) is 6.07 Å². The second-order valence-electron chi connectivity index (χ2n) is 9.16. The number of imide groups is 1. The topological polar surface area (TPSA) is 109 Å². The zero-order valence-electron chi connectivity index (χ0n) is 20.1. The fourth-order valence-corrected chi connectivity index (χ4v) is 7.90. The fraction of sp³-hybridized carbons (Fsp3) is 0.143. The minimum Gasteiger partial charge on any atom is -0.508 e. The maximum Gasteiger partial charge on any atom is 0.308 e. The monoisotopic (exact) mass is 577 g/mol. The van der Waals surface area contributed by atoms with E-state index >= 15 is 0 Å². The lowest BCUT2D eigenvalue weighted by atomic mass is 9.83. The van der Waals surface area contributed by atoms with Crippen LogP contribution in [0.4, 0.5) is 11.4 Å². The predicted molar refractivity (Wildman–Crippen MR) is 151 cm³/mol. The van der Waals surface area contributed by atoms with E-state index in [0.29, 0.717) is 26.3 Å². The molecule has 39 heavy (non-hydrogen) atoms. The Balaban J connectivity index is 1.40. The highest BCUT2D eigenvalue weighted by atomic mass is 35.5. The van der Waals surface area contributed by atoms with Crippen molar-refractivity contribution in [3.63, 3.8) is 0 Å². The van der Waals surface area contributed by atoms with E-state index in [1.54, 1.807) is 60.7 Å². The molecule has 3 atom stereocenters. The average molecular weight is 578 g/mol. The standard InChI is InChI=1S/C28H20ClN3O5S2/c29-16-8-6-15(7-9-16)21-22-23(26(36)32(25(22)35)18-4-2-1-3-5-18)38-27-24(21)39-28(37)31(27)14-20(34)30-17-10-12-19(33)13-11-17/h1-13,21-23,33H,14H2,(H,30,34). The number of hydrogen-bond donors (Lipinski definition) is 2. The first-order chi connectivity index (χ1) is 18.8. The van der Waals surface area contributed by atoms with Crippen molar-refractivity contribution in [1.82, 2.24) is 4.57 Å². The summed E-state index contributed by atoms with van der Waals surface area (Å²) in [6.45, 7) is -0.270. The molecule has 2 aliphatic rings. The molecule has 3 heterocycles. The smallest absolute Gasteiger partial charge is 0.308 e. The van der Waals surface area contributed by atoms with Crippen molar-refractivity contribution in [2.45, 2.75) is 22.7 Å². The van der Waals surface area contributed by atoms with Crippen molar-refractivity contribution in [2.24, 2.45) is 5.92 Å². The number of hydrogen-bond acceptors (Lipinski definition) is 7. The number of nitrogens with zero attached hydrogens (tertiary/aromatic N) is 2. The number of thioether (sulfide) groups is 1. The molecule has 3 unspecified atom stereocenters. The quantitative estimate of drug-likeness (QED) is 0.263. The van der Waals surface area contributed by atoms with Gasteiger partial charge in [0.1, 0.15) is 17.5 Å². The molecule has 1 aromatic heterocycles. The lowest BCUT2D eigenvalue weighted by Crippen LogP contribution is -2.33. The van der Waals surface area contributed by atoms with Crippen molar-refractivity contribution < 1.29 is 19.5 Å². The van der Waals surface area contributed by atoms with Crippen LogP contribution in [0.15, 0.2) is 88.7 Å². The van der Waals surface area contributed by atoms with E-state index in [4.69, 9.17) is 11.6 Å². The van der Waals surface area contributed by atoms with Gasteiger partial charge in [-0.2, -0.15) is 0 Å². The molecule has 0 spiro atoms. The first-order valence-electron chi connectivity index (χ1n) is 12.0. The van der Waals surface area contributed by atoms with Crippen molar-refractivity contribution in [3.05, 3.63) is 104 Å². The van der Waals surface area contributed by atoms with E-state index in [0.717, 1.165) is 28.7 Å². The van der Waals surface area contributed by atoms with Crippen molar-refractivity contribution in [1.29, 1.82) is 0 Å². The Labute approximate surface area is 235 Å². The van der Waals surface area contributed by atoms with Gasteiger partial charge in [-0.25, -0.2) is 4.90 Å². The number of aromatic hydroxyl groups is 1. The number of nitrogens with one attached hydrogen (secondary N) is 1. The molecule has 4 aromatic rings. The van der Waals surface area contributed by atoms with Crippen LogP contribution in [0.25, 0.3) is 0 Å². The molecule has 6 rings (SSSR count). The van der Waals surface area contributed by atoms with Gasteiger partial charge in [0.15, 0.2) is 0 Å². The maximum atomic E-state index is 13.8. The van der Waals surface area contributed by atoms with Gasteiger partial charge in [0, 0.05) is 21.5 Å². The van der Waals surface area contributed by atoms with Crippen LogP contribution in [0.2, 0.25) is 5.02 Å². The van der Waals surface area contributed by atoms with E-state index in [2.05, 4.69) is 5.32 Å². The second-order valence-corrected chi connectivity index (χ2v) is 11.7. The summed E-state index contributed by atoms with van der Waals surface area (Å²) in [5, 5.41) is 12.5. The number of halogens is 1. The third kappa shape index (κ3) is 4.54. The zero-order chi connectivity index (χ0) is 27.3. The maximum absolute atomic E-state index is 13.8. The Morgan fingerprint density at radius 3 is 2.31 bits per heavy atom. The molecule has 0 bridgehead atoms. The number of carbonyl (C=O) groups is 3. The number of amides is 3. The summed E-state index contributed by atoms with van der Waals surface area (Å²) in [4.78, 5) is 55.1. The average Bonchev–Trinajstić information content (AvgIpc) is 3.37. The van der Waals surface area contributed by atoms with Gasteiger partial charge in [0.25, 0.3) is 0 Å². The number of para-hydroxylation sites is 1. The second kappa shape index (κ2) is 10.0. The zero-order valence-corrected chi connectivity index (χ0v) is 22.5. The van der Waals surface area contributed by atoms with Gasteiger partial charge in [0.05, 0.1) is 16.6 Å². The van der Waals surface area contributed by atoms with Crippen LogP contribution in [0.1, 0.15) is 16.4 Å². The first kappa shape index (κ1) is 25.4. The number of anilines is 2. The molecule has 8 nitrogen and oxygen atoms in total. The fourth-order valence-electron chi connectivity index (χ4n) is 5.01. The lowest BCUT2D eigenvalue weighted by Gasteiger charge is -2.30. The molecule has 2 N–H and O–H groups in total. The first-order valence-corrected chi connectivity index (χ1v) is 14.1. The Morgan fingerprint density at radius 2 is 1.62 bits per heavy atom. The normalized spacial score (nSPS) is 20.0. The molecular formula is C28H20ClN3O5S2. The van der Waals surface area contributed by atoms with Gasteiger partial charge < -0.3 is 10.4 Å². The molecule has 2 aliphatic heterocycles. The number of rotatable bonds is 5. The van der Waals surface area contributed by atoms with Gasteiger partial charge in [-0.1, -0.05) is 65.0 Å². The van der Waals surface area contributed by atoms with Crippen molar-refractivity contribution in [3.8, 4) is 5.75 Å². The SMILES string of the molecule is O=C(Cn1c2c(sc1=O)C(c1ccc(Cl)cc1)C1C(=O)N(c3ccccc3)C(=O)C1S2)Nc1ccc(O)cc1. The molecule has 1 fully saturated rings. The largest absolute Gasteiger partial charge is 0.508 e. The van der Waals surface area contributed by atoms with Gasteiger partial charge in [-0.05, 0) is 54.1 Å². The number of fused-ring (bicyclic) bond motifs is 2. The number of carbonyl (C=O) groups excluding carboxylic acids is 3. The number of thiazole rings is 1. The number of phenolic OH excluding ortho intramolecular Hbond substituents is 1. The summed E-state index contributed by atoms with van der Waals surface area (Å²) >= 11 is 8.28. The highest BCUT2D eigenvalue weighted by molar-refractivity contribution is 8.00. The molecule has 196 valence electrons. The van der Waals surface area contributed by atoms with E-state index in [-0.39, 0.29) is 29.0 Å². The molecular weight excluding hydrogens is 558 g/mol. The van der Waals surface area contributed by atoms with Crippen molar-refractivity contribution in [2.75, 3.05) is 10.2 Å². The lowest BCUT2D eigenvalue weighted by molar-refractivity contribution is -0.122. The van der Waals surface area contributed by atoms with Crippen LogP contribution < -0.4 is 15.1 Å². The Bertz CT molecular complexity index is 1650. The van der Waals surface area contributed by atoms with Gasteiger partial charge >= 0.3 is 4.87 Å². The van der Waals surface area contributed by atoms with Gasteiger partial charge in [-0.15, -0.1) is 0 Å². The molecule has 0 aliphatic carbocycles. The van der Waals surface area contributed by atoms with E-state index in [9.17, 15) is 24.3 Å². The molecule has 11 heteroatoms. The molecule has 0 saturated carbocycles. The van der Waals surface area contributed by atoms with Gasteiger partial charge in [-0.3, -0.25) is 23.7 Å². The molecule has 3 aromatic carbocycles. The summed E-state index contributed by atoms with van der Waals surface area (Å²) in [6, 6.07) is 21.8. The van der Waals surface area contributed by atoms with Crippen LogP contribution >= 0.6 is 34.7 Å². The highest BCUT2D eigenvalue weighted by Gasteiger charge is 2.56. The third-order valence-electron chi connectivity index (χ3n) is 6.75. The minimum atomic E-state index is -0.772.